The number of hydrogen-bond acceptors (Lipinski definition) is 5. The Morgan fingerprint density at radius 1 is 1.00 bits per heavy atom. The molecular weight excluding hydrogens is 411 g/mol. The normalized spacial score (nSPS) is 18.8. The predicted octanol–water partition coefficient (Wildman–Crippen LogP) is 3.92. The number of hydrogen-bond donors (Lipinski definition) is 2. The third-order valence-corrected chi connectivity index (χ3v) is 6.72. The summed E-state index contributed by atoms with van der Waals surface area (Å²) < 4.78 is 18.6. The Morgan fingerprint density at radius 2 is 1.69 bits per heavy atom. The molecule has 2 aliphatic rings. The van der Waals surface area contributed by atoms with E-state index in [1.165, 1.54) is 37.8 Å². The first-order valence-electron chi connectivity index (χ1n) is 11.7. The van der Waals surface area contributed by atoms with E-state index in [0.29, 0.717) is 36.0 Å². The lowest BCUT2D eigenvalue weighted by Crippen LogP contribution is -2.51. The zero-order chi connectivity index (χ0) is 22.4. The summed E-state index contributed by atoms with van der Waals surface area (Å²) in [6, 6.07) is 5.79. The van der Waals surface area contributed by atoms with Crippen molar-refractivity contribution in [1.29, 1.82) is 0 Å². The van der Waals surface area contributed by atoms with Crippen LogP contribution in [0.15, 0.2) is 28.8 Å². The third-order valence-electron chi connectivity index (χ3n) is 6.72. The van der Waals surface area contributed by atoms with Crippen LogP contribution in [0.3, 0.4) is 0 Å². The molecule has 2 aliphatic carbocycles. The summed E-state index contributed by atoms with van der Waals surface area (Å²) in [6.45, 7) is 0.146. The summed E-state index contributed by atoms with van der Waals surface area (Å²) in [5.41, 5.74) is -0.0791. The van der Waals surface area contributed by atoms with Gasteiger partial charge in [-0.15, -0.1) is 0 Å². The van der Waals surface area contributed by atoms with Gasteiger partial charge in [-0.1, -0.05) is 55.8 Å². The number of amides is 2. The zero-order valence-electron chi connectivity index (χ0n) is 18.4. The number of rotatable bonds is 6. The molecule has 2 amide bonds. The van der Waals surface area contributed by atoms with E-state index in [1.54, 1.807) is 12.1 Å². The van der Waals surface area contributed by atoms with E-state index >= 15 is 0 Å². The zero-order valence-corrected chi connectivity index (χ0v) is 18.4. The Kier molecular flexibility index (Phi) is 7.17. The van der Waals surface area contributed by atoms with Crippen molar-refractivity contribution in [3.8, 4) is 0 Å². The highest BCUT2D eigenvalue weighted by molar-refractivity contribution is 6.35. The SMILES string of the molecule is O=C(NCc1ccc(F)cc1)C(=O)NC1(c2noc(CC3CCCC3)n2)CCCCCC1. The van der Waals surface area contributed by atoms with Gasteiger partial charge in [-0.25, -0.2) is 4.39 Å². The van der Waals surface area contributed by atoms with Gasteiger partial charge >= 0.3 is 11.8 Å². The van der Waals surface area contributed by atoms with Gasteiger partial charge in [0.2, 0.25) is 5.89 Å². The molecule has 0 saturated heterocycles. The van der Waals surface area contributed by atoms with E-state index in [2.05, 4.69) is 20.8 Å². The van der Waals surface area contributed by atoms with E-state index in [-0.39, 0.29) is 12.4 Å². The molecule has 2 N–H and O–H groups in total. The van der Waals surface area contributed by atoms with Crippen LogP contribution in [0.2, 0.25) is 0 Å². The van der Waals surface area contributed by atoms with Crippen LogP contribution in [0.25, 0.3) is 0 Å². The molecule has 8 heteroatoms. The summed E-state index contributed by atoms with van der Waals surface area (Å²) >= 11 is 0. The van der Waals surface area contributed by atoms with Gasteiger partial charge in [-0.05, 0) is 49.3 Å². The van der Waals surface area contributed by atoms with Crippen LogP contribution >= 0.6 is 0 Å². The topological polar surface area (TPSA) is 97.1 Å². The molecule has 2 saturated carbocycles. The van der Waals surface area contributed by atoms with Crippen LogP contribution in [-0.2, 0) is 28.1 Å². The highest BCUT2D eigenvalue weighted by atomic mass is 19.1. The average Bonchev–Trinajstić information content (AvgIpc) is 3.43. The van der Waals surface area contributed by atoms with Gasteiger partial charge in [0, 0.05) is 13.0 Å². The van der Waals surface area contributed by atoms with Gasteiger partial charge < -0.3 is 15.2 Å². The van der Waals surface area contributed by atoms with E-state index in [9.17, 15) is 14.0 Å². The van der Waals surface area contributed by atoms with Gasteiger partial charge in [0.15, 0.2) is 5.82 Å². The second-order valence-corrected chi connectivity index (χ2v) is 9.13. The molecule has 0 aliphatic heterocycles. The number of carbonyl (C=O) groups excluding carboxylic acids is 2. The quantitative estimate of drug-likeness (QED) is 0.522. The van der Waals surface area contributed by atoms with Crippen LogP contribution in [0.5, 0.6) is 0 Å². The molecule has 0 bridgehead atoms. The standard InChI is InChI=1S/C24H31FN4O3/c25-19-11-9-18(10-12-19)16-26-21(30)22(31)28-24(13-5-1-2-6-14-24)23-27-20(32-29-23)15-17-7-3-4-8-17/h9-12,17H,1-8,13-16H2,(H,26,30)(H,28,31). The maximum absolute atomic E-state index is 13.1. The fraction of sp³-hybridized carbons (Fsp3) is 0.583. The minimum atomic E-state index is -0.793. The molecule has 1 heterocycles. The lowest BCUT2D eigenvalue weighted by Gasteiger charge is -2.30. The minimum absolute atomic E-state index is 0.146. The molecule has 1 aromatic carbocycles. The molecule has 0 unspecified atom stereocenters. The number of halogens is 1. The van der Waals surface area contributed by atoms with E-state index < -0.39 is 17.4 Å². The second kappa shape index (κ2) is 10.2. The molecular formula is C24H31FN4O3. The van der Waals surface area contributed by atoms with Crippen LogP contribution in [-0.4, -0.2) is 22.0 Å². The van der Waals surface area contributed by atoms with Crippen LogP contribution in [0.1, 0.15) is 81.5 Å². The molecule has 1 aromatic heterocycles. The lowest BCUT2D eigenvalue weighted by molar-refractivity contribution is -0.140. The summed E-state index contributed by atoms with van der Waals surface area (Å²) in [5.74, 6) is -0.109. The van der Waals surface area contributed by atoms with Gasteiger partial charge in [-0.3, -0.25) is 9.59 Å². The monoisotopic (exact) mass is 442 g/mol. The van der Waals surface area contributed by atoms with Crippen molar-refractivity contribution in [1.82, 2.24) is 20.8 Å². The summed E-state index contributed by atoms with van der Waals surface area (Å²) in [7, 11) is 0. The summed E-state index contributed by atoms with van der Waals surface area (Å²) in [6.07, 6.45) is 11.0. The maximum Gasteiger partial charge on any atom is 0.310 e. The first kappa shape index (κ1) is 22.4. The summed E-state index contributed by atoms with van der Waals surface area (Å²) in [5, 5.41) is 9.79. The minimum Gasteiger partial charge on any atom is -0.344 e. The van der Waals surface area contributed by atoms with Crippen molar-refractivity contribution >= 4 is 11.8 Å². The van der Waals surface area contributed by atoms with Crippen LogP contribution in [0.4, 0.5) is 4.39 Å². The molecule has 0 spiro atoms. The largest absolute Gasteiger partial charge is 0.344 e. The Balaban J connectivity index is 1.43. The van der Waals surface area contributed by atoms with Crippen molar-refractivity contribution in [2.24, 2.45) is 5.92 Å². The average molecular weight is 443 g/mol. The highest BCUT2D eigenvalue weighted by Crippen LogP contribution is 2.35. The fourth-order valence-corrected chi connectivity index (χ4v) is 4.87. The molecule has 0 radical (unpaired) electrons. The Morgan fingerprint density at radius 3 is 2.38 bits per heavy atom. The fourth-order valence-electron chi connectivity index (χ4n) is 4.87. The first-order chi connectivity index (χ1) is 15.5. The summed E-state index contributed by atoms with van der Waals surface area (Å²) in [4.78, 5) is 29.9. The number of nitrogens with zero attached hydrogens (tertiary/aromatic N) is 2. The molecule has 172 valence electrons. The van der Waals surface area contributed by atoms with E-state index in [1.807, 2.05) is 0 Å². The van der Waals surface area contributed by atoms with Gasteiger partial charge in [0.1, 0.15) is 11.4 Å². The Hall–Kier alpha value is -2.77. The Labute approximate surface area is 187 Å². The Bertz CT molecular complexity index is 914. The number of carbonyl (C=O) groups is 2. The van der Waals surface area contributed by atoms with Crippen molar-refractivity contribution in [3.05, 3.63) is 47.4 Å². The van der Waals surface area contributed by atoms with Crippen molar-refractivity contribution in [2.45, 2.75) is 82.7 Å². The van der Waals surface area contributed by atoms with Gasteiger partial charge in [0.25, 0.3) is 0 Å². The van der Waals surface area contributed by atoms with Crippen molar-refractivity contribution in [2.75, 3.05) is 0 Å². The smallest absolute Gasteiger partial charge is 0.310 e. The predicted molar refractivity (Wildman–Crippen MR) is 116 cm³/mol. The van der Waals surface area contributed by atoms with Gasteiger partial charge in [-0.2, -0.15) is 4.98 Å². The molecule has 2 fully saturated rings. The van der Waals surface area contributed by atoms with Crippen molar-refractivity contribution < 1.29 is 18.5 Å². The maximum atomic E-state index is 13.1. The molecule has 0 atom stereocenters. The van der Waals surface area contributed by atoms with Crippen LogP contribution < -0.4 is 10.6 Å². The third kappa shape index (κ3) is 5.53. The lowest BCUT2D eigenvalue weighted by atomic mass is 9.89. The van der Waals surface area contributed by atoms with Crippen LogP contribution in [0, 0.1) is 11.7 Å². The van der Waals surface area contributed by atoms with Crippen molar-refractivity contribution in [3.63, 3.8) is 0 Å². The van der Waals surface area contributed by atoms with Gasteiger partial charge in [0.05, 0.1) is 0 Å². The number of nitrogens with one attached hydrogen (secondary N) is 2. The first-order valence-corrected chi connectivity index (χ1v) is 11.7. The second-order valence-electron chi connectivity index (χ2n) is 9.13. The molecule has 7 nitrogen and oxygen atoms in total. The molecule has 4 rings (SSSR count). The number of aromatic nitrogens is 2. The van der Waals surface area contributed by atoms with E-state index in [4.69, 9.17) is 4.52 Å². The van der Waals surface area contributed by atoms with E-state index in [0.717, 1.165) is 32.1 Å². The number of benzene rings is 1. The molecule has 32 heavy (non-hydrogen) atoms. The molecule has 2 aromatic rings. The highest BCUT2D eigenvalue weighted by Gasteiger charge is 2.40.